The Morgan fingerprint density at radius 2 is 2.00 bits per heavy atom. The fourth-order valence-corrected chi connectivity index (χ4v) is 3.50. The van der Waals surface area contributed by atoms with Gasteiger partial charge in [0.2, 0.25) is 17.8 Å². The zero-order valence-corrected chi connectivity index (χ0v) is 17.2. The lowest BCUT2D eigenvalue weighted by Crippen LogP contribution is -2.64. The normalized spacial score (nSPS) is 19.0. The molecule has 2 aliphatic rings. The first-order chi connectivity index (χ1) is 13.7. The van der Waals surface area contributed by atoms with Gasteiger partial charge in [0.25, 0.3) is 5.91 Å². The van der Waals surface area contributed by atoms with Crippen LogP contribution in [0.15, 0.2) is 23.2 Å². The van der Waals surface area contributed by atoms with Gasteiger partial charge in [-0.15, -0.1) is 9.78 Å². The number of fused-ring (bicyclic) bond motifs is 1. The zero-order chi connectivity index (χ0) is 21.5. The maximum Gasteiger partial charge on any atom is 0.421 e. The second-order valence-corrected chi connectivity index (χ2v) is 7.24. The van der Waals surface area contributed by atoms with E-state index in [4.69, 9.17) is 5.73 Å². The minimum atomic E-state index is -0.859. The predicted molar refractivity (Wildman–Crippen MR) is 107 cm³/mol. The van der Waals surface area contributed by atoms with Crippen molar-refractivity contribution in [3.8, 4) is 0 Å². The van der Waals surface area contributed by atoms with E-state index in [9.17, 15) is 14.4 Å². The van der Waals surface area contributed by atoms with E-state index in [0.29, 0.717) is 18.3 Å². The molecule has 1 atom stereocenters. The van der Waals surface area contributed by atoms with Crippen molar-refractivity contribution in [2.45, 2.75) is 39.7 Å². The molecule has 0 radical (unpaired) electrons. The molecule has 1 aromatic rings. The van der Waals surface area contributed by atoms with E-state index in [1.165, 1.54) is 11.9 Å². The first-order valence-corrected chi connectivity index (χ1v) is 9.51. The van der Waals surface area contributed by atoms with Crippen molar-refractivity contribution in [1.29, 1.82) is 0 Å². The molecule has 4 amide bonds. The van der Waals surface area contributed by atoms with Crippen LogP contribution in [0.3, 0.4) is 0 Å². The Kier molecular flexibility index (Phi) is 5.36. The van der Waals surface area contributed by atoms with E-state index in [-0.39, 0.29) is 0 Å². The maximum atomic E-state index is 13.2. The molecule has 2 aliphatic heterocycles. The van der Waals surface area contributed by atoms with Crippen molar-refractivity contribution >= 4 is 29.6 Å². The summed E-state index contributed by atoms with van der Waals surface area (Å²) in [5.74, 6) is -0.545. The first kappa shape index (κ1) is 20.4. The van der Waals surface area contributed by atoms with E-state index in [2.05, 4.69) is 16.7 Å². The number of amidine groups is 1. The molecule has 0 bridgehead atoms. The zero-order valence-electron chi connectivity index (χ0n) is 17.2. The Balaban J connectivity index is 2.17. The van der Waals surface area contributed by atoms with Gasteiger partial charge in [-0.3, -0.25) is 19.4 Å². The van der Waals surface area contributed by atoms with Gasteiger partial charge in [0.1, 0.15) is 12.2 Å². The van der Waals surface area contributed by atoms with Gasteiger partial charge in [-0.1, -0.05) is 25.4 Å². The Morgan fingerprint density at radius 3 is 2.55 bits per heavy atom. The summed E-state index contributed by atoms with van der Waals surface area (Å²) in [7, 11) is 1.53. The highest BCUT2D eigenvalue weighted by Gasteiger charge is 2.53. The lowest BCUT2D eigenvalue weighted by atomic mass is 10.1. The van der Waals surface area contributed by atoms with E-state index in [1.807, 2.05) is 26.8 Å². The van der Waals surface area contributed by atoms with E-state index >= 15 is 0 Å². The SMILES string of the molecule is C=C(C)C[N+]1=C(n2nc(CC)cc2CC)N=C2C1C(=O)N(CC(N)=O)C(=O)N2C. The van der Waals surface area contributed by atoms with Gasteiger partial charge in [0.05, 0.1) is 12.2 Å². The van der Waals surface area contributed by atoms with Crippen molar-refractivity contribution < 1.29 is 19.0 Å². The molecule has 154 valence electrons. The molecule has 0 saturated carbocycles. The van der Waals surface area contributed by atoms with Crippen LogP contribution in [0.1, 0.15) is 32.2 Å². The Hall–Kier alpha value is -3.30. The van der Waals surface area contributed by atoms with Crippen molar-refractivity contribution in [3.05, 3.63) is 29.6 Å². The summed E-state index contributed by atoms with van der Waals surface area (Å²) in [5, 5.41) is 4.63. The predicted octanol–water partition coefficient (Wildman–Crippen LogP) is -0.0394. The van der Waals surface area contributed by atoms with Gasteiger partial charge in [-0.05, 0) is 25.0 Å². The number of hydrogen-bond acceptors (Lipinski definition) is 5. The van der Waals surface area contributed by atoms with E-state index in [1.54, 1.807) is 9.26 Å². The van der Waals surface area contributed by atoms with Crippen LogP contribution in [0.25, 0.3) is 0 Å². The fraction of sp³-hybridized carbons (Fsp3) is 0.474. The van der Waals surface area contributed by atoms with Gasteiger partial charge >= 0.3 is 12.0 Å². The molecule has 0 aliphatic carbocycles. The summed E-state index contributed by atoms with van der Waals surface area (Å²) in [5.41, 5.74) is 7.91. The number of aromatic nitrogens is 2. The molecule has 2 N–H and O–H groups in total. The van der Waals surface area contributed by atoms with Crippen LogP contribution in [0.2, 0.25) is 0 Å². The number of nitrogens with zero attached hydrogens (tertiary/aromatic N) is 6. The minimum Gasteiger partial charge on any atom is -0.368 e. The monoisotopic (exact) mass is 400 g/mol. The number of rotatable bonds is 6. The minimum absolute atomic E-state index is 0.299. The van der Waals surface area contributed by atoms with Gasteiger partial charge in [-0.2, -0.15) is 0 Å². The summed E-state index contributed by atoms with van der Waals surface area (Å²) in [6.45, 7) is 9.70. The van der Waals surface area contributed by atoms with Gasteiger partial charge in [0, 0.05) is 13.5 Å². The molecule has 3 heterocycles. The van der Waals surface area contributed by atoms with Gasteiger partial charge in [-0.25, -0.2) is 9.37 Å². The molecule has 10 nitrogen and oxygen atoms in total. The Bertz CT molecular complexity index is 972. The highest BCUT2D eigenvalue weighted by atomic mass is 16.2. The third-order valence-corrected chi connectivity index (χ3v) is 4.89. The fourth-order valence-electron chi connectivity index (χ4n) is 3.50. The topological polar surface area (TPSA) is 117 Å². The van der Waals surface area contributed by atoms with Crippen LogP contribution < -0.4 is 5.73 Å². The van der Waals surface area contributed by atoms with Crippen molar-refractivity contribution in [3.63, 3.8) is 0 Å². The molecule has 29 heavy (non-hydrogen) atoms. The molecule has 1 aromatic heterocycles. The van der Waals surface area contributed by atoms with Crippen LogP contribution >= 0.6 is 0 Å². The second-order valence-electron chi connectivity index (χ2n) is 7.24. The van der Waals surface area contributed by atoms with E-state index < -0.39 is 30.4 Å². The summed E-state index contributed by atoms with van der Waals surface area (Å²) in [6.07, 6.45) is 1.49. The summed E-state index contributed by atoms with van der Waals surface area (Å²) < 4.78 is 3.49. The number of nitrogens with two attached hydrogens (primary N) is 1. The van der Waals surface area contributed by atoms with Crippen molar-refractivity contribution in [2.24, 2.45) is 10.7 Å². The Morgan fingerprint density at radius 1 is 1.31 bits per heavy atom. The molecule has 3 rings (SSSR count). The first-order valence-electron chi connectivity index (χ1n) is 9.51. The number of primary amides is 1. The number of carbonyl (C=O) groups excluding carboxylic acids is 3. The number of hydrogen-bond donors (Lipinski definition) is 1. The second kappa shape index (κ2) is 7.61. The quantitative estimate of drug-likeness (QED) is 0.533. The van der Waals surface area contributed by atoms with Crippen LogP contribution in [0.5, 0.6) is 0 Å². The summed E-state index contributed by atoms with van der Waals surface area (Å²) in [6, 6.07) is 0.512. The van der Waals surface area contributed by atoms with Crippen LogP contribution in [-0.4, -0.2) is 80.0 Å². The molecular formula is C19H26N7O3+. The molecule has 0 spiro atoms. The lowest BCUT2D eigenvalue weighted by Gasteiger charge is -2.33. The molecule has 0 aromatic carbocycles. The third-order valence-electron chi connectivity index (χ3n) is 4.89. The molecule has 10 heteroatoms. The molecule has 1 fully saturated rings. The third kappa shape index (κ3) is 3.45. The van der Waals surface area contributed by atoms with Gasteiger partial charge in [0.15, 0.2) is 0 Å². The van der Waals surface area contributed by atoms with Gasteiger partial charge < -0.3 is 5.73 Å². The largest absolute Gasteiger partial charge is 0.421 e. The molecule has 1 unspecified atom stereocenters. The number of aryl methyl sites for hydroxylation is 2. The average molecular weight is 400 g/mol. The number of carbonyl (C=O) groups is 3. The van der Waals surface area contributed by atoms with Crippen molar-refractivity contribution in [2.75, 3.05) is 20.1 Å². The number of amides is 4. The maximum absolute atomic E-state index is 13.2. The van der Waals surface area contributed by atoms with Crippen LogP contribution in [0.4, 0.5) is 4.79 Å². The highest BCUT2D eigenvalue weighted by molar-refractivity contribution is 6.23. The number of urea groups is 1. The number of aliphatic imine (C=N–C) groups is 1. The number of likely N-dealkylation sites (N-methyl/N-ethyl adjacent to an activating group) is 1. The lowest BCUT2D eigenvalue weighted by molar-refractivity contribution is -0.529. The number of imide groups is 1. The highest BCUT2D eigenvalue weighted by Crippen LogP contribution is 2.22. The Labute approximate surface area is 169 Å². The molecular weight excluding hydrogens is 374 g/mol. The summed E-state index contributed by atoms with van der Waals surface area (Å²) in [4.78, 5) is 44.0. The standard InChI is InChI=1S/C19H25N7O3/c1-6-12-8-13(7-2)26(22-12)18-21-16-15(24(18)9-11(3)4)17(28)25(10-14(20)27)19(29)23(16)5/h8,15H,3,6-7,9-10H2,1-2,4-5H3,(H-,20,27)/p+1. The van der Waals surface area contributed by atoms with Crippen molar-refractivity contribution in [1.82, 2.24) is 19.6 Å². The molecule has 1 saturated heterocycles. The van der Waals surface area contributed by atoms with Crippen LogP contribution in [-0.2, 0) is 22.4 Å². The van der Waals surface area contributed by atoms with Crippen LogP contribution in [0, 0.1) is 0 Å². The summed E-state index contributed by atoms with van der Waals surface area (Å²) >= 11 is 0. The van der Waals surface area contributed by atoms with E-state index in [0.717, 1.165) is 34.7 Å². The smallest absolute Gasteiger partial charge is 0.368 e. The average Bonchev–Trinajstić information content (AvgIpc) is 3.24.